The lowest BCUT2D eigenvalue weighted by Gasteiger charge is -2.49. The number of nitro groups is 1. The lowest BCUT2D eigenvalue weighted by Crippen LogP contribution is -2.67. The Hall–Kier alpha value is -3.79. The van der Waals surface area contributed by atoms with Gasteiger partial charge in [-0.1, -0.05) is 41.9 Å². The Balaban J connectivity index is 1.77. The van der Waals surface area contributed by atoms with Crippen LogP contribution in [0.25, 0.3) is 0 Å². The molecule has 0 aliphatic carbocycles. The Kier molecular flexibility index (Phi) is 7.31. The lowest BCUT2D eigenvalue weighted by molar-refractivity contribution is -0.384. The molecule has 1 saturated heterocycles. The molecule has 1 fully saturated rings. The number of likely N-dealkylation sites (tertiary alicyclic amines) is 1. The number of carbonyl (C=O) groups is 4. The SMILES string of the molecule is COC(=O)C(C)(C(=O)c1ccccc1)C1CC(=O)N1C(Cl)C(=O)OCc1ccc([N+](=O)[O-])cc1. The molecular weight excluding hydrogens is 468 g/mol. The van der Waals surface area contributed by atoms with Gasteiger partial charge in [0, 0.05) is 24.1 Å². The van der Waals surface area contributed by atoms with E-state index in [4.69, 9.17) is 21.1 Å². The van der Waals surface area contributed by atoms with Crippen LogP contribution in [-0.4, -0.2) is 52.1 Å². The number of ketones is 1. The van der Waals surface area contributed by atoms with Crippen LogP contribution in [0.4, 0.5) is 5.69 Å². The molecule has 11 heteroatoms. The molecule has 3 unspecified atom stereocenters. The van der Waals surface area contributed by atoms with Crippen molar-refractivity contribution in [3.8, 4) is 0 Å². The van der Waals surface area contributed by atoms with Crippen LogP contribution in [0, 0.1) is 15.5 Å². The third-order valence-corrected chi connectivity index (χ3v) is 6.13. The Morgan fingerprint density at radius 1 is 1.18 bits per heavy atom. The van der Waals surface area contributed by atoms with Crippen molar-refractivity contribution in [1.29, 1.82) is 0 Å². The number of β-lactam (4-membered cyclic amide) rings is 1. The minimum atomic E-state index is -1.81. The van der Waals surface area contributed by atoms with E-state index in [1.54, 1.807) is 18.2 Å². The van der Waals surface area contributed by atoms with E-state index < -0.39 is 45.5 Å². The van der Waals surface area contributed by atoms with Gasteiger partial charge in [0.05, 0.1) is 18.1 Å². The van der Waals surface area contributed by atoms with Gasteiger partial charge in [0.2, 0.25) is 11.4 Å². The Morgan fingerprint density at radius 2 is 1.79 bits per heavy atom. The van der Waals surface area contributed by atoms with Gasteiger partial charge in [0.25, 0.3) is 5.69 Å². The fourth-order valence-electron chi connectivity index (χ4n) is 3.73. The van der Waals surface area contributed by atoms with Gasteiger partial charge in [-0.3, -0.25) is 24.5 Å². The number of amides is 1. The van der Waals surface area contributed by atoms with E-state index >= 15 is 0 Å². The summed E-state index contributed by atoms with van der Waals surface area (Å²) in [5.41, 5.74) is -2.83. The van der Waals surface area contributed by atoms with E-state index in [1.165, 1.54) is 43.3 Å². The molecule has 1 aliphatic heterocycles. The molecule has 2 aromatic carbocycles. The molecule has 3 rings (SSSR count). The number of hydrogen-bond donors (Lipinski definition) is 0. The van der Waals surface area contributed by atoms with E-state index in [0.717, 1.165) is 12.0 Å². The number of nitro benzene ring substituents is 1. The molecule has 0 spiro atoms. The van der Waals surface area contributed by atoms with Crippen LogP contribution in [-0.2, 0) is 30.5 Å². The molecule has 34 heavy (non-hydrogen) atoms. The molecular formula is C23H21ClN2O8. The Morgan fingerprint density at radius 3 is 2.32 bits per heavy atom. The third kappa shape index (κ3) is 4.62. The predicted molar refractivity (Wildman–Crippen MR) is 119 cm³/mol. The fourth-order valence-corrected chi connectivity index (χ4v) is 4.04. The zero-order valence-corrected chi connectivity index (χ0v) is 19.1. The zero-order chi connectivity index (χ0) is 25.0. The van der Waals surface area contributed by atoms with Gasteiger partial charge in [-0.05, 0) is 24.6 Å². The number of halogens is 1. The van der Waals surface area contributed by atoms with Crippen molar-refractivity contribution in [2.24, 2.45) is 5.41 Å². The van der Waals surface area contributed by atoms with Crippen LogP contribution in [0.15, 0.2) is 54.6 Å². The van der Waals surface area contributed by atoms with Gasteiger partial charge in [0.15, 0.2) is 5.78 Å². The van der Waals surface area contributed by atoms with Crippen molar-refractivity contribution in [3.05, 3.63) is 75.8 Å². The molecule has 1 heterocycles. The lowest BCUT2D eigenvalue weighted by atomic mass is 9.70. The largest absolute Gasteiger partial charge is 0.468 e. The molecule has 0 radical (unpaired) electrons. The first-order chi connectivity index (χ1) is 16.1. The topological polar surface area (TPSA) is 133 Å². The minimum absolute atomic E-state index is 0.121. The maximum absolute atomic E-state index is 13.3. The summed E-state index contributed by atoms with van der Waals surface area (Å²) in [6, 6.07) is 12.4. The number of methoxy groups -OCH3 is 1. The Bertz CT molecular complexity index is 1120. The summed E-state index contributed by atoms with van der Waals surface area (Å²) in [5.74, 6) is -2.96. The molecule has 0 aromatic heterocycles. The molecule has 178 valence electrons. The number of alkyl halides is 1. The number of carbonyl (C=O) groups excluding carboxylic acids is 4. The van der Waals surface area contributed by atoms with Gasteiger partial charge in [-0.15, -0.1) is 0 Å². The van der Waals surface area contributed by atoms with E-state index in [-0.39, 0.29) is 24.3 Å². The van der Waals surface area contributed by atoms with E-state index in [9.17, 15) is 29.3 Å². The van der Waals surface area contributed by atoms with E-state index in [0.29, 0.717) is 5.56 Å². The van der Waals surface area contributed by atoms with Crippen molar-refractivity contribution in [2.75, 3.05) is 7.11 Å². The van der Waals surface area contributed by atoms with Crippen LogP contribution in [0.3, 0.4) is 0 Å². The van der Waals surface area contributed by atoms with Gasteiger partial charge in [0.1, 0.15) is 12.0 Å². The molecule has 1 amide bonds. The van der Waals surface area contributed by atoms with Gasteiger partial charge in [-0.2, -0.15) is 0 Å². The number of Topliss-reactive ketones (excluding diaryl/α,β-unsaturated/α-hetero) is 1. The van der Waals surface area contributed by atoms with Gasteiger partial charge >= 0.3 is 11.9 Å². The van der Waals surface area contributed by atoms with Crippen LogP contribution in [0.1, 0.15) is 29.3 Å². The second-order valence-corrected chi connectivity index (χ2v) is 8.19. The summed E-state index contributed by atoms with van der Waals surface area (Å²) in [7, 11) is 1.13. The van der Waals surface area contributed by atoms with Crippen molar-refractivity contribution < 1.29 is 33.6 Å². The van der Waals surface area contributed by atoms with E-state index in [1.807, 2.05) is 0 Å². The number of non-ortho nitro benzene ring substituents is 1. The maximum atomic E-state index is 13.3. The molecule has 3 atom stereocenters. The highest BCUT2D eigenvalue weighted by molar-refractivity contribution is 6.31. The van der Waals surface area contributed by atoms with Crippen LogP contribution in [0.5, 0.6) is 0 Å². The average molecular weight is 489 g/mol. The highest BCUT2D eigenvalue weighted by Gasteiger charge is 2.60. The van der Waals surface area contributed by atoms with Crippen molar-refractivity contribution in [1.82, 2.24) is 4.90 Å². The summed E-state index contributed by atoms with van der Waals surface area (Å²) in [5, 5.41) is 10.7. The van der Waals surface area contributed by atoms with Crippen LogP contribution in [0.2, 0.25) is 0 Å². The quantitative estimate of drug-likeness (QED) is 0.0768. The average Bonchev–Trinajstić information content (AvgIpc) is 2.84. The number of benzene rings is 2. The number of nitrogens with zero attached hydrogens (tertiary/aromatic N) is 2. The summed E-state index contributed by atoms with van der Waals surface area (Å²) < 4.78 is 10.0. The molecule has 1 aliphatic rings. The summed E-state index contributed by atoms with van der Waals surface area (Å²) in [6.07, 6.45) is -0.191. The molecule has 0 saturated carbocycles. The van der Waals surface area contributed by atoms with Crippen LogP contribution >= 0.6 is 11.6 Å². The fraction of sp³-hybridized carbons (Fsp3) is 0.304. The first-order valence-corrected chi connectivity index (χ1v) is 10.6. The van der Waals surface area contributed by atoms with Crippen molar-refractivity contribution in [3.63, 3.8) is 0 Å². The second-order valence-electron chi connectivity index (χ2n) is 7.78. The number of hydrogen-bond acceptors (Lipinski definition) is 8. The molecule has 2 aromatic rings. The van der Waals surface area contributed by atoms with Crippen molar-refractivity contribution >= 4 is 40.9 Å². The first kappa shape index (κ1) is 24.8. The third-order valence-electron chi connectivity index (χ3n) is 5.74. The van der Waals surface area contributed by atoms with Crippen LogP contribution < -0.4 is 0 Å². The Labute approximate surface area is 199 Å². The van der Waals surface area contributed by atoms with Crippen molar-refractivity contribution in [2.45, 2.75) is 31.5 Å². The standard InChI is InChI=1S/C23H21ClN2O8/c1-23(22(30)33-2,19(28)15-6-4-3-5-7-15)17-12-18(27)25(17)20(24)21(29)34-13-14-8-10-16(11-9-14)26(31)32/h3-11,17,20H,12-13H2,1-2H3. The normalized spacial score (nSPS) is 17.7. The zero-order valence-electron chi connectivity index (χ0n) is 18.3. The number of ether oxygens (including phenoxy) is 2. The monoisotopic (exact) mass is 488 g/mol. The minimum Gasteiger partial charge on any atom is -0.468 e. The molecule has 0 N–H and O–H groups in total. The maximum Gasteiger partial charge on any atom is 0.344 e. The highest BCUT2D eigenvalue weighted by atomic mass is 35.5. The molecule has 10 nitrogen and oxygen atoms in total. The predicted octanol–water partition coefficient (Wildman–Crippen LogP) is 2.87. The first-order valence-electron chi connectivity index (χ1n) is 10.1. The second kappa shape index (κ2) is 10.0. The van der Waals surface area contributed by atoms with E-state index in [2.05, 4.69) is 0 Å². The summed E-state index contributed by atoms with van der Waals surface area (Å²) >= 11 is 6.24. The summed E-state index contributed by atoms with van der Waals surface area (Å²) in [4.78, 5) is 62.1. The number of esters is 2. The highest BCUT2D eigenvalue weighted by Crippen LogP contribution is 2.41. The summed E-state index contributed by atoms with van der Waals surface area (Å²) in [6.45, 7) is 1.11. The number of rotatable bonds is 9. The molecule has 0 bridgehead atoms. The van der Waals surface area contributed by atoms with Gasteiger partial charge < -0.3 is 14.4 Å². The van der Waals surface area contributed by atoms with Gasteiger partial charge in [-0.25, -0.2) is 4.79 Å². The smallest absolute Gasteiger partial charge is 0.344 e.